The lowest BCUT2D eigenvalue weighted by atomic mass is 9.96. The molecule has 0 bridgehead atoms. The smallest absolute Gasteiger partial charge is 0.299 e. The highest BCUT2D eigenvalue weighted by molar-refractivity contribution is 5.83. The first-order valence-corrected chi connectivity index (χ1v) is 18.8. The normalized spacial score (nSPS) is 12.8. The van der Waals surface area contributed by atoms with Gasteiger partial charge in [-0.15, -0.1) is 0 Å². The number of hydrogen-bond acceptors (Lipinski definition) is 4. The lowest BCUT2D eigenvalue weighted by Gasteiger charge is -2.27. The highest BCUT2D eigenvalue weighted by atomic mass is 16.5. The number of anilines is 2. The van der Waals surface area contributed by atoms with Gasteiger partial charge in [0.15, 0.2) is 0 Å². The minimum Gasteiger partial charge on any atom is -0.417 e. The van der Waals surface area contributed by atoms with Crippen molar-refractivity contribution in [2.24, 2.45) is 0 Å². The molecule has 49 heavy (non-hydrogen) atoms. The lowest BCUT2D eigenvalue weighted by molar-refractivity contribution is -0.124. The van der Waals surface area contributed by atoms with Crippen LogP contribution in [-0.2, 0) is 22.4 Å². The van der Waals surface area contributed by atoms with Crippen LogP contribution in [0.15, 0.2) is 72.0 Å². The molecule has 0 aliphatic carbocycles. The number of nitrogens with zero attached hydrogens (tertiary/aromatic N) is 2. The van der Waals surface area contributed by atoms with Crippen molar-refractivity contribution in [3.8, 4) is 6.07 Å². The lowest BCUT2D eigenvalue weighted by Crippen LogP contribution is -2.20. The third-order valence-electron chi connectivity index (χ3n) is 9.69. The molecule has 0 amide bonds. The van der Waals surface area contributed by atoms with Gasteiger partial charge >= 0.3 is 0 Å². The molecule has 0 saturated carbocycles. The van der Waals surface area contributed by atoms with E-state index in [0.29, 0.717) is 0 Å². The topological polar surface area (TPSA) is 53.3 Å². The molecular weight excluding hydrogens is 601 g/mol. The van der Waals surface area contributed by atoms with Crippen LogP contribution in [0.3, 0.4) is 0 Å². The van der Waals surface area contributed by atoms with Crippen LogP contribution in [0.1, 0.15) is 138 Å². The van der Waals surface area contributed by atoms with Crippen LogP contribution in [0.2, 0.25) is 0 Å². The predicted octanol–water partition coefficient (Wildman–Crippen LogP) is 12.6. The maximum atomic E-state index is 10.7. The Morgan fingerprint density at radius 3 is 1.84 bits per heavy atom. The van der Waals surface area contributed by atoms with E-state index in [1.807, 2.05) is 18.2 Å². The molecule has 258 valence electrons. The van der Waals surface area contributed by atoms with Crippen molar-refractivity contribution in [2.45, 2.75) is 118 Å². The summed E-state index contributed by atoms with van der Waals surface area (Å²) in [5.74, 6) is -0.0185. The van der Waals surface area contributed by atoms with Crippen molar-refractivity contribution in [1.82, 2.24) is 0 Å². The third-order valence-corrected chi connectivity index (χ3v) is 9.69. The van der Waals surface area contributed by atoms with Gasteiger partial charge in [0.1, 0.15) is 6.07 Å². The maximum absolute atomic E-state index is 10.7. The molecule has 1 aliphatic rings. The molecule has 0 radical (unpaired) electrons. The summed E-state index contributed by atoms with van der Waals surface area (Å²) in [6.07, 6.45) is 23.1. The summed E-state index contributed by atoms with van der Waals surface area (Å²) in [5, 5.41) is 9.21. The number of hydrogen-bond donors (Lipinski definition) is 0. The van der Waals surface area contributed by atoms with Gasteiger partial charge in [0.25, 0.3) is 6.47 Å². The first-order valence-electron chi connectivity index (χ1n) is 18.8. The molecule has 0 fully saturated rings. The first-order chi connectivity index (χ1) is 24.0. The Morgan fingerprint density at radius 2 is 1.29 bits per heavy atom. The number of nitriles is 1. The summed E-state index contributed by atoms with van der Waals surface area (Å²) in [6.45, 7) is 10.3. The fourth-order valence-electron chi connectivity index (χ4n) is 6.91. The first kappa shape index (κ1) is 37.5. The Kier molecular flexibility index (Phi) is 15.5. The second-order valence-electron chi connectivity index (χ2n) is 13.3. The summed E-state index contributed by atoms with van der Waals surface area (Å²) in [5.41, 5.74) is 12.9. The van der Waals surface area contributed by atoms with Crippen LogP contribution in [0.5, 0.6) is 0 Å². The third kappa shape index (κ3) is 11.1. The van der Waals surface area contributed by atoms with Gasteiger partial charge in [-0.1, -0.05) is 133 Å². The van der Waals surface area contributed by atoms with Gasteiger partial charge in [-0.3, -0.25) is 4.79 Å². The second-order valence-corrected chi connectivity index (χ2v) is 13.3. The molecular formula is C45H56N2O2. The van der Waals surface area contributed by atoms with Gasteiger partial charge in [0.05, 0.1) is 0 Å². The monoisotopic (exact) mass is 656 g/mol. The number of carbonyl (C=O) groups excluding carboxylic acids is 1. The van der Waals surface area contributed by atoms with Crippen molar-refractivity contribution in [1.29, 1.82) is 5.26 Å². The van der Waals surface area contributed by atoms with E-state index < -0.39 is 0 Å². The van der Waals surface area contributed by atoms with Crippen molar-refractivity contribution < 1.29 is 9.53 Å². The fraction of sp³-hybridized carbons (Fsp3) is 0.422. The number of unbranched alkanes of at least 4 members (excludes halogenated alkanes) is 7. The molecule has 4 heteroatoms. The standard InChI is InChI=1S/C45H56N2O2/c1-5-9-10-11-12-13-14-15-27-47-44-25-19-37(28-35(7-3)8-4)30-41(44)23-24-42-31-38(20-26-45(42)47)29-40(16-6-2)39-21-17-36(18-22-39)32-43(33-46)49-34-48/h17-22,25-26,28-32,34H,5-16,23-24,27H2,1-4H3. The van der Waals surface area contributed by atoms with Crippen molar-refractivity contribution in [3.63, 3.8) is 0 Å². The Labute approximate surface area is 296 Å². The minimum absolute atomic E-state index is 0.0185. The number of carbonyl (C=O) groups is 1. The predicted molar refractivity (Wildman–Crippen MR) is 208 cm³/mol. The van der Waals surface area contributed by atoms with Crippen molar-refractivity contribution >= 4 is 41.6 Å². The molecule has 1 aliphatic heterocycles. The summed E-state index contributed by atoms with van der Waals surface area (Å²) >= 11 is 0. The zero-order chi connectivity index (χ0) is 34.8. The average molecular weight is 657 g/mol. The van der Waals surface area contributed by atoms with Gasteiger partial charge in [-0.05, 0) is 108 Å². The van der Waals surface area contributed by atoms with E-state index in [1.54, 1.807) is 6.08 Å². The van der Waals surface area contributed by atoms with E-state index in [0.717, 1.165) is 56.2 Å². The molecule has 4 nitrogen and oxygen atoms in total. The van der Waals surface area contributed by atoms with E-state index in [2.05, 4.69) is 93.3 Å². The number of allylic oxidation sites excluding steroid dienone is 3. The SMILES string of the molecule is CCCCCCCCCCN1c2ccc(C=C(CC)CC)cc2CCc2cc(C=C(CCC)c3ccc(C=C(C#N)OC=O)cc3)ccc21. The zero-order valence-electron chi connectivity index (χ0n) is 30.4. The van der Waals surface area contributed by atoms with Gasteiger partial charge in [-0.25, -0.2) is 0 Å². The number of ether oxygens (including phenoxy) is 1. The van der Waals surface area contributed by atoms with E-state index in [-0.39, 0.29) is 12.2 Å². The Balaban J connectivity index is 1.61. The summed E-state index contributed by atoms with van der Waals surface area (Å²) in [7, 11) is 0. The molecule has 0 atom stereocenters. The van der Waals surface area contributed by atoms with Crippen LogP contribution in [-0.4, -0.2) is 13.0 Å². The molecule has 0 spiro atoms. The van der Waals surface area contributed by atoms with E-state index >= 15 is 0 Å². The highest BCUT2D eigenvalue weighted by Crippen LogP contribution is 2.38. The van der Waals surface area contributed by atoms with Crippen molar-refractivity contribution in [3.05, 3.63) is 105 Å². The molecule has 0 saturated heterocycles. The summed E-state index contributed by atoms with van der Waals surface area (Å²) < 4.78 is 4.75. The number of rotatable bonds is 19. The van der Waals surface area contributed by atoms with Gasteiger partial charge in [-0.2, -0.15) is 5.26 Å². The highest BCUT2D eigenvalue weighted by Gasteiger charge is 2.21. The van der Waals surface area contributed by atoms with E-state index in [9.17, 15) is 10.1 Å². The molecule has 0 unspecified atom stereocenters. The van der Waals surface area contributed by atoms with Crippen LogP contribution in [0.4, 0.5) is 11.4 Å². The van der Waals surface area contributed by atoms with Crippen molar-refractivity contribution in [2.75, 3.05) is 11.4 Å². The molecule has 0 N–H and O–H groups in total. The summed E-state index contributed by atoms with van der Waals surface area (Å²) in [4.78, 5) is 13.3. The number of aryl methyl sites for hydroxylation is 2. The number of benzene rings is 3. The molecule has 3 aromatic carbocycles. The van der Waals surface area contributed by atoms with Gasteiger partial charge in [0, 0.05) is 17.9 Å². The van der Waals surface area contributed by atoms with E-state index in [4.69, 9.17) is 4.74 Å². The van der Waals surface area contributed by atoms with Gasteiger partial charge < -0.3 is 9.64 Å². The molecule has 3 aromatic rings. The van der Waals surface area contributed by atoms with Crippen LogP contribution in [0.25, 0.3) is 23.8 Å². The van der Waals surface area contributed by atoms with Crippen LogP contribution < -0.4 is 4.90 Å². The van der Waals surface area contributed by atoms with E-state index in [1.165, 1.54) is 96.1 Å². The zero-order valence-corrected chi connectivity index (χ0v) is 30.4. The second kappa shape index (κ2) is 20.2. The largest absolute Gasteiger partial charge is 0.417 e. The molecule has 4 rings (SSSR count). The molecule has 1 heterocycles. The Hall–Kier alpha value is -4.36. The quantitative estimate of drug-likeness (QED) is 0.0423. The number of fused-ring (bicyclic) bond motifs is 2. The Morgan fingerprint density at radius 1 is 0.714 bits per heavy atom. The summed E-state index contributed by atoms with van der Waals surface area (Å²) in [6, 6.07) is 24.2. The maximum Gasteiger partial charge on any atom is 0.299 e. The minimum atomic E-state index is -0.0185. The Bertz CT molecular complexity index is 1630. The fourth-order valence-corrected chi connectivity index (χ4v) is 6.91. The van der Waals surface area contributed by atoms with Crippen LogP contribution in [0, 0.1) is 11.3 Å². The van der Waals surface area contributed by atoms with Crippen LogP contribution >= 0.6 is 0 Å². The molecule has 0 aromatic heterocycles. The average Bonchev–Trinajstić information content (AvgIpc) is 3.27. The van der Waals surface area contributed by atoms with Gasteiger partial charge in [0.2, 0.25) is 5.76 Å².